The standard InChI is InChI=1S/C13H17FN2O2S2/c1-10(9-19-2)16-20(17,18)13-6-5-12(14)8-11(13)4-3-7-15/h5-6,8,10,16H,7,9,15H2,1-2H3. The zero-order valence-electron chi connectivity index (χ0n) is 11.3. The van der Waals surface area contributed by atoms with Crippen molar-refractivity contribution < 1.29 is 12.8 Å². The first-order chi connectivity index (χ1) is 9.40. The van der Waals surface area contributed by atoms with E-state index in [2.05, 4.69) is 16.6 Å². The van der Waals surface area contributed by atoms with Crippen LogP contribution >= 0.6 is 11.8 Å². The molecule has 0 spiro atoms. The second kappa shape index (κ2) is 7.64. The predicted molar refractivity (Wildman–Crippen MR) is 80.5 cm³/mol. The van der Waals surface area contributed by atoms with Crippen LogP contribution in [0.5, 0.6) is 0 Å². The molecule has 110 valence electrons. The quantitative estimate of drug-likeness (QED) is 0.800. The van der Waals surface area contributed by atoms with Gasteiger partial charge in [0.05, 0.1) is 11.4 Å². The van der Waals surface area contributed by atoms with E-state index in [1.807, 2.05) is 6.26 Å². The van der Waals surface area contributed by atoms with E-state index in [1.165, 1.54) is 17.8 Å². The van der Waals surface area contributed by atoms with Gasteiger partial charge in [0, 0.05) is 17.4 Å². The molecule has 1 atom stereocenters. The van der Waals surface area contributed by atoms with Gasteiger partial charge in [0.15, 0.2) is 0 Å². The Hall–Kier alpha value is -1.07. The molecule has 0 aliphatic carbocycles. The van der Waals surface area contributed by atoms with Gasteiger partial charge in [0.25, 0.3) is 0 Å². The Morgan fingerprint density at radius 1 is 1.50 bits per heavy atom. The van der Waals surface area contributed by atoms with Gasteiger partial charge in [-0.15, -0.1) is 0 Å². The number of benzene rings is 1. The third-order valence-electron chi connectivity index (χ3n) is 2.33. The molecule has 1 aromatic carbocycles. The summed E-state index contributed by atoms with van der Waals surface area (Å²) < 4.78 is 40.3. The molecule has 1 aromatic rings. The van der Waals surface area contributed by atoms with Gasteiger partial charge < -0.3 is 5.73 Å². The van der Waals surface area contributed by atoms with E-state index >= 15 is 0 Å². The molecule has 7 heteroatoms. The number of nitrogens with two attached hydrogens (primary N) is 1. The fourth-order valence-electron chi connectivity index (χ4n) is 1.59. The first-order valence-electron chi connectivity index (χ1n) is 5.90. The highest BCUT2D eigenvalue weighted by atomic mass is 32.2. The summed E-state index contributed by atoms with van der Waals surface area (Å²) in [5, 5.41) is 0. The van der Waals surface area contributed by atoms with Crippen LogP contribution in [0.2, 0.25) is 0 Å². The lowest BCUT2D eigenvalue weighted by molar-refractivity contribution is 0.570. The van der Waals surface area contributed by atoms with Crippen molar-refractivity contribution in [3.05, 3.63) is 29.6 Å². The molecule has 0 fully saturated rings. The summed E-state index contributed by atoms with van der Waals surface area (Å²) in [6, 6.07) is 3.18. The van der Waals surface area contributed by atoms with Crippen LogP contribution in [0.15, 0.2) is 23.1 Å². The molecule has 1 rings (SSSR count). The maximum atomic E-state index is 13.2. The lowest BCUT2D eigenvalue weighted by Crippen LogP contribution is -2.34. The van der Waals surface area contributed by atoms with E-state index in [0.717, 1.165) is 12.1 Å². The van der Waals surface area contributed by atoms with Crippen LogP contribution in [-0.4, -0.2) is 33.0 Å². The SMILES string of the molecule is CSCC(C)NS(=O)(=O)c1ccc(F)cc1C#CCN. The second-order valence-electron chi connectivity index (χ2n) is 4.12. The molecular formula is C13H17FN2O2S2. The Kier molecular flexibility index (Phi) is 6.49. The summed E-state index contributed by atoms with van der Waals surface area (Å²) in [4.78, 5) is -0.0344. The highest BCUT2D eigenvalue weighted by Crippen LogP contribution is 2.17. The third-order valence-corrected chi connectivity index (χ3v) is 4.81. The van der Waals surface area contributed by atoms with Crippen molar-refractivity contribution in [1.29, 1.82) is 0 Å². The van der Waals surface area contributed by atoms with E-state index in [1.54, 1.807) is 6.92 Å². The van der Waals surface area contributed by atoms with Crippen molar-refractivity contribution in [1.82, 2.24) is 4.72 Å². The van der Waals surface area contributed by atoms with Gasteiger partial charge in [-0.3, -0.25) is 0 Å². The van der Waals surface area contributed by atoms with Gasteiger partial charge in [-0.1, -0.05) is 11.8 Å². The molecular weight excluding hydrogens is 299 g/mol. The first kappa shape index (κ1) is 17.0. The molecule has 0 aliphatic heterocycles. The summed E-state index contributed by atoms with van der Waals surface area (Å²) in [6.07, 6.45) is 1.89. The second-order valence-corrected chi connectivity index (χ2v) is 6.72. The fourth-order valence-corrected chi connectivity index (χ4v) is 3.67. The van der Waals surface area contributed by atoms with Crippen LogP contribution in [0.4, 0.5) is 4.39 Å². The van der Waals surface area contributed by atoms with Crippen molar-refractivity contribution >= 4 is 21.8 Å². The van der Waals surface area contributed by atoms with E-state index < -0.39 is 15.8 Å². The number of sulfonamides is 1. The summed E-state index contributed by atoms with van der Waals surface area (Å²) in [5.41, 5.74) is 5.37. The molecule has 4 nitrogen and oxygen atoms in total. The first-order valence-corrected chi connectivity index (χ1v) is 8.78. The Balaban J connectivity index is 3.17. The predicted octanol–water partition coefficient (Wildman–Crippen LogP) is 1.17. The molecule has 0 heterocycles. The zero-order valence-corrected chi connectivity index (χ0v) is 12.9. The molecule has 0 radical (unpaired) electrons. The highest BCUT2D eigenvalue weighted by molar-refractivity contribution is 7.98. The van der Waals surface area contributed by atoms with Gasteiger partial charge in [-0.05, 0) is 31.4 Å². The molecule has 1 unspecified atom stereocenters. The van der Waals surface area contributed by atoms with Crippen molar-refractivity contribution in [3.8, 4) is 11.8 Å². The minimum Gasteiger partial charge on any atom is -0.320 e. The molecule has 0 aromatic heterocycles. The van der Waals surface area contributed by atoms with Gasteiger partial charge in [-0.2, -0.15) is 11.8 Å². The van der Waals surface area contributed by atoms with E-state index in [4.69, 9.17) is 5.73 Å². The van der Waals surface area contributed by atoms with Gasteiger partial charge in [-0.25, -0.2) is 17.5 Å². The van der Waals surface area contributed by atoms with Gasteiger partial charge in [0.2, 0.25) is 10.0 Å². The van der Waals surface area contributed by atoms with Crippen LogP contribution in [0.25, 0.3) is 0 Å². The van der Waals surface area contributed by atoms with Crippen LogP contribution in [0.1, 0.15) is 12.5 Å². The molecule has 3 N–H and O–H groups in total. The maximum absolute atomic E-state index is 13.2. The fraction of sp³-hybridized carbons (Fsp3) is 0.385. The minimum absolute atomic E-state index is 0.0344. The zero-order chi connectivity index (χ0) is 15.2. The lowest BCUT2D eigenvalue weighted by atomic mass is 10.2. The largest absolute Gasteiger partial charge is 0.320 e. The Morgan fingerprint density at radius 3 is 2.80 bits per heavy atom. The molecule has 0 amide bonds. The van der Waals surface area contributed by atoms with Gasteiger partial charge in [0.1, 0.15) is 5.82 Å². The number of nitrogens with one attached hydrogen (secondary N) is 1. The molecule has 0 saturated carbocycles. The summed E-state index contributed by atoms with van der Waals surface area (Å²) in [7, 11) is -3.73. The van der Waals surface area contributed by atoms with Crippen LogP contribution < -0.4 is 10.5 Å². The lowest BCUT2D eigenvalue weighted by Gasteiger charge is -2.14. The Labute approximate surface area is 123 Å². The van der Waals surface area contributed by atoms with E-state index in [0.29, 0.717) is 5.75 Å². The molecule has 20 heavy (non-hydrogen) atoms. The Morgan fingerprint density at radius 2 is 2.20 bits per heavy atom. The average molecular weight is 316 g/mol. The van der Waals surface area contributed by atoms with E-state index in [9.17, 15) is 12.8 Å². The summed E-state index contributed by atoms with van der Waals surface area (Å²) >= 11 is 1.53. The van der Waals surface area contributed by atoms with Crippen molar-refractivity contribution in [2.75, 3.05) is 18.6 Å². The number of halogens is 1. The van der Waals surface area contributed by atoms with Gasteiger partial charge >= 0.3 is 0 Å². The topological polar surface area (TPSA) is 72.2 Å². The number of hydrogen-bond donors (Lipinski definition) is 2. The van der Waals surface area contributed by atoms with E-state index in [-0.39, 0.29) is 23.0 Å². The molecule has 0 saturated heterocycles. The van der Waals surface area contributed by atoms with Crippen LogP contribution in [0.3, 0.4) is 0 Å². The minimum atomic E-state index is -3.73. The summed E-state index contributed by atoms with van der Waals surface area (Å²) in [5.74, 6) is 5.23. The number of rotatable bonds is 5. The number of thioether (sulfide) groups is 1. The van der Waals surface area contributed by atoms with Crippen LogP contribution in [0, 0.1) is 17.7 Å². The average Bonchev–Trinajstić information content (AvgIpc) is 2.35. The highest BCUT2D eigenvalue weighted by Gasteiger charge is 2.20. The maximum Gasteiger partial charge on any atom is 0.242 e. The smallest absolute Gasteiger partial charge is 0.242 e. The molecule has 0 bridgehead atoms. The normalized spacial score (nSPS) is 12.6. The third kappa shape index (κ3) is 4.80. The van der Waals surface area contributed by atoms with Crippen LogP contribution in [-0.2, 0) is 10.0 Å². The summed E-state index contributed by atoms with van der Waals surface area (Å²) in [6.45, 7) is 1.84. The molecule has 0 aliphatic rings. The Bertz CT molecular complexity index is 621. The van der Waals surface area contributed by atoms with Crippen molar-refractivity contribution in [2.45, 2.75) is 17.9 Å². The monoisotopic (exact) mass is 316 g/mol. The number of hydrogen-bond acceptors (Lipinski definition) is 4. The van der Waals surface area contributed by atoms with Crippen molar-refractivity contribution in [3.63, 3.8) is 0 Å². The van der Waals surface area contributed by atoms with Crippen molar-refractivity contribution in [2.24, 2.45) is 5.73 Å².